The van der Waals surface area contributed by atoms with Gasteiger partial charge in [-0.25, -0.2) is 10.0 Å². The zero-order chi connectivity index (χ0) is 11.7. The van der Waals surface area contributed by atoms with E-state index in [2.05, 4.69) is 10.5 Å². The van der Waals surface area contributed by atoms with Gasteiger partial charge in [-0.15, -0.1) is 5.53 Å². The average molecular weight is 240 g/mol. The van der Waals surface area contributed by atoms with Gasteiger partial charge in [0.05, 0.1) is 11.8 Å². The molecule has 0 aromatic carbocycles. The van der Waals surface area contributed by atoms with Crippen LogP contribution < -0.4 is 11.3 Å². The minimum atomic E-state index is -0.597. The number of carbonyl (C=O) groups excluding carboxylic acids is 1. The first-order chi connectivity index (χ1) is 7.63. The predicted molar refractivity (Wildman–Crippen MR) is 59.1 cm³/mol. The van der Waals surface area contributed by atoms with Gasteiger partial charge in [-0.05, 0) is 0 Å². The van der Waals surface area contributed by atoms with Gasteiger partial charge in [0.2, 0.25) is 0 Å². The van der Waals surface area contributed by atoms with Crippen molar-refractivity contribution in [3.63, 3.8) is 0 Å². The Balaban J connectivity index is 2.24. The Morgan fingerprint density at radius 3 is 3.12 bits per heavy atom. The smallest absolute Gasteiger partial charge is 0.253 e. The Labute approximate surface area is 97.6 Å². The van der Waals surface area contributed by atoms with Crippen molar-refractivity contribution in [3.05, 3.63) is 22.6 Å². The summed E-state index contributed by atoms with van der Waals surface area (Å²) < 4.78 is 4.94. The van der Waals surface area contributed by atoms with Crippen LogP contribution in [0.25, 0.3) is 0 Å². The van der Waals surface area contributed by atoms with E-state index in [0.29, 0.717) is 17.6 Å². The highest BCUT2D eigenvalue weighted by molar-refractivity contribution is 7.84. The van der Waals surface area contributed by atoms with Crippen LogP contribution in [0.15, 0.2) is 27.6 Å². The molecule has 2 heterocycles. The number of methoxy groups -OCH3 is 1. The van der Waals surface area contributed by atoms with Gasteiger partial charge in [0.1, 0.15) is 11.8 Å². The molecule has 0 saturated heterocycles. The highest BCUT2D eigenvalue weighted by Crippen LogP contribution is 2.26. The van der Waals surface area contributed by atoms with Crippen LogP contribution >= 0.6 is 12.6 Å². The molecule has 16 heavy (non-hydrogen) atoms. The molecule has 8 heteroatoms. The van der Waals surface area contributed by atoms with Gasteiger partial charge in [-0.3, -0.25) is 9.80 Å². The van der Waals surface area contributed by atoms with Crippen LogP contribution in [0.3, 0.4) is 0 Å². The maximum Gasteiger partial charge on any atom is 0.253 e. The van der Waals surface area contributed by atoms with Crippen molar-refractivity contribution in [3.8, 4) is 0 Å². The fourth-order valence-corrected chi connectivity index (χ4v) is 1.61. The minimum absolute atomic E-state index is 0.207. The Bertz CT molecular complexity index is 417. The molecule has 1 radical (unpaired) electrons. The van der Waals surface area contributed by atoms with Crippen LogP contribution in [0.5, 0.6) is 0 Å². The average Bonchev–Trinajstić information content (AvgIpc) is 2.62. The maximum atomic E-state index is 11.1. The Morgan fingerprint density at radius 1 is 1.75 bits per heavy atom. The number of ether oxygens (including phenoxy) is 1. The van der Waals surface area contributed by atoms with E-state index in [1.54, 1.807) is 18.3 Å². The second kappa shape index (κ2) is 4.08. The van der Waals surface area contributed by atoms with Gasteiger partial charge in [0.25, 0.3) is 5.91 Å². The van der Waals surface area contributed by atoms with E-state index in [0.717, 1.165) is 0 Å². The van der Waals surface area contributed by atoms with E-state index in [-0.39, 0.29) is 5.57 Å². The Kier molecular flexibility index (Phi) is 2.77. The summed E-state index contributed by atoms with van der Waals surface area (Å²) in [5.41, 5.74) is 8.27. The molecule has 0 aromatic rings. The van der Waals surface area contributed by atoms with Crippen LogP contribution in [0.4, 0.5) is 0 Å². The number of hydrazine groups is 2. The van der Waals surface area contributed by atoms with Crippen LogP contribution in [0, 0.1) is 0 Å². The molecule has 0 fully saturated rings. The molecular formula is C8H10N5O2S. The predicted octanol–water partition coefficient (Wildman–Crippen LogP) is -0.595. The van der Waals surface area contributed by atoms with E-state index in [4.69, 9.17) is 23.1 Å². The first-order valence-electron chi connectivity index (χ1n) is 4.42. The molecule has 0 spiro atoms. The minimum Gasteiger partial charge on any atom is -0.365 e. The molecule has 85 valence electrons. The lowest BCUT2D eigenvalue weighted by Crippen LogP contribution is -2.41. The molecule has 0 aliphatic carbocycles. The number of nitrogens with zero attached hydrogens (tertiary/aromatic N) is 3. The van der Waals surface area contributed by atoms with E-state index >= 15 is 0 Å². The third-order valence-electron chi connectivity index (χ3n) is 2.02. The zero-order valence-electron chi connectivity index (χ0n) is 8.51. The maximum absolute atomic E-state index is 11.1. The van der Waals surface area contributed by atoms with Crippen LogP contribution in [0.1, 0.15) is 0 Å². The van der Waals surface area contributed by atoms with Gasteiger partial charge >= 0.3 is 0 Å². The van der Waals surface area contributed by atoms with Crippen LogP contribution in [-0.2, 0) is 9.53 Å². The summed E-state index contributed by atoms with van der Waals surface area (Å²) in [5, 5.41) is 3.43. The number of hydrogen-bond donors (Lipinski definition) is 2. The second-order valence-corrected chi connectivity index (χ2v) is 3.54. The summed E-state index contributed by atoms with van der Waals surface area (Å²) in [4.78, 5) is 15.1. The molecular weight excluding hydrogens is 230 g/mol. The summed E-state index contributed by atoms with van der Waals surface area (Å²) in [6.07, 6.45) is 3.08. The number of amides is 1. The molecule has 2 rings (SSSR count). The van der Waals surface area contributed by atoms with Gasteiger partial charge in [-0.2, -0.15) is 0 Å². The number of fused-ring (bicyclic) bond motifs is 1. The molecule has 3 N–H and O–H groups in total. The standard InChI is InChI=1S/C8H10N5O2S/c1-15-4-12-3-6-10-2-5(7(9)14)8(16)13(6)11-12/h2-3,11H,4H2,1H3,(H2,9,14). The Morgan fingerprint density at radius 2 is 2.50 bits per heavy atom. The van der Waals surface area contributed by atoms with Crippen molar-refractivity contribution in [2.75, 3.05) is 13.8 Å². The van der Waals surface area contributed by atoms with E-state index < -0.39 is 5.91 Å². The lowest BCUT2D eigenvalue weighted by atomic mass is 10.3. The zero-order valence-corrected chi connectivity index (χ0v) is 9.32. The number of carbonyl (C=O) groups is 1. The number of hydrogen-bond acceptors (Lipinski definition) is 6. The highest BCUT2D eigenvalue weighted by Gasteiger charge is 2.28. The number of aliphatic imine (C=N–C) groups is 1. The van der Waals surface area contributed by atoms with Crippen molar-refractivity contribution in [2.24, 2.45) is 10.7 Å². The lowest BCUT2D eigenvalue weighted by Gasteiger charge is -2.24. The monoisotopic (exact) mass is 240 g/mol. The molecule has 2 aliphatic heterocycles. The summed E-state index contributed by atoms with van der Waals surface area (Å²) in [6.45, 7) is 0.337. The van der Waals surface area contributed by atoms with Gasteiger partial charge in [-0.1, -0.05) is 12.6 Å². The number of nitrogens with two attached hydrogens (primary N) is 1. The van der Waals surface area contributed by atoms with Crippen LogP contribution in [0.2, 0.25) is 0 Å². The molecule has 0 aromatic heterocycles. The van der Waals surface area contributed by atoms with Gasteiger partial charge in [0, 0.05) is 13.3 Å². The second-order valence-electron chi connectivity index (χ2n) is 3.15. The number of rotatable bonds is 3. The largest absolute Gasteiger partial charge is 0.365 e. The van der Waals surface area contributed by atoms with Crippen molar-refractivity contribution >= 4 is 24.8 Å². The highest BCUT2D eigenvalue weighted by atomic mass is 32.1. The number of nitrogens with one attached hydrogen (secondary N) is 1. The molecule has 0 unspecified atom stereocenters. The molecule has 0 saturated carbocycles. The third kappa shape index (κ3) is 1.73. The van der Waals surface area contributed by atoms with Gasteiger partial charge < -0.3 is 10.5 Å². The molecule has 1 amide bonds. The van der Waals surface area contributed by atoms with E-state index in [1.807, 2.05) is 0 Å². The summed E-state index contributed by atoms with van der Waals surface area (Å²) in [6, 6.07) is 0. The number of primary amides is 1. The molecule has 7 nitrogen and oxygen atoms in total. The quantitative estimate of drug-likeness (QED) is 0.688. The van der Waals surface area contributed by atoms with Crippen molar-refractivity contribution in [1.29, 1.82) is 0 Å². The molecule has 0 bridgehead atoms. The van der Waals surface area contributed by atoms with Crippen molar-refractivity contribution < 1.29 is 9.53 Å². The molecule has 0 atom stereocenters. The van der Waals surface area contributed by atoms with Crippen LogP contribution in [-0.4, -0.2) is 36.0 Å². The van der Waals surface area contributed by atoms with Crippen molar-refractivity contribution in [1.82, 2.24) is 15.6 Å². The van der Waals surface area contributed by atoms with Gasteiger partial charge in [0.15, 0.2) is 5.82 Å². The topological polar surface area (TPSA) is 83.2 Å². The fourth-order valence-electron chi connectivity index (χ4n) is 1.33. The summed E-state index contributed by atoms with van der Waals surface area (Å²) >= 11 is 5.10. The van der Waals surface area contributed by atoms with E-state index in [1.165, 1.54) is 11.2 Å². The lowest BCUT2D eigenvalue weighted by molar-refractivity contribution is -0.114. The third-order valence-corrected chi connectivity index (χ3v) is 2.42. The Hall–Kier alpha value is -1.64. The fraction of sp³-hybridized carbons (Fsp3) is 0.250. The normalized spacial score (nSPS) is 18.9. The summed E-state index contributed by atoms with van der Waals surface area (Å²) in [5.74, 6) is -0.00755. The van der Waals surface area contributed by atoms with Crippen molar-refractivity contribution in [2.45, 2.75) is 0 Å². The van der Waals surface area contributed by atoms with E-state index in [9.17, 15) is 4.79 Å². The SMILES string of the molecule is COCN1C=C2N=CC(C(N)=O)=C([S])N2N1. The summed E-state index contributed by atoms with van der Waals surface area (Å²) in [7, 11) is 1.57. The first-order valence-corrected chi connectivity index (χ1v) is 4.83. The molecule has 2 aliphatic rings. The first kappa shape index (κ1) is 10.9.